The molecule has 2 aliphatic heterocycles. The lowest BCUT2D eigenvalue weighted by molar-refractivity contribution is -0.124. The summed E-state index contributed by atoms with van der Waals surface area (Å²) in [4.78, 5) is 67.9. The Kier molecular flexibility index (Phi) is 16.8. The first kappa shape index (κ1) is 50.8. The van der Waals surface area contributed by atoms with Crippen LogP contribution < -0.4 is 14.8 Å². The van der Waals surface area contributed by atoms with Crippen LogP contribution in [-0.4, -0.2) is 151 Å². The van der Waals surface area contributed by atoms with Crippen molar-refractivity contribution >= 4 is 45.3 Å². The van der Waals surface area contributed by atoms with Crippen LogP contribution >= 0.6 is 0 Å². The van der Waals surface area contributed by atoms with Gasteiger partial charge in [-0.15, -0.1) is 0 Å². The van der Waals surface area contributed by atoms with E-state index in [1.807, 2.05) is 67.3 Å². The maximum atomic E-state index is 13.7. The Morgan fingerprint density at radius 1 is 0.632 bits per heavy atom. The second-order valence-electron chi connectivity index (χ2n) is 17.9. The molecule has 0 saturated carbocycles. The number of benzene rings is 4. The number of hydrogen-bond acceptors (Lipinski definition) is 9. The molecule has 68 heavy (non-hydrogen) atoms. The minimum atomic E-state index is -0.647. The third kappa shape index (κ3) is 11.5. The fourth-order valence-corrected chi connectivity index (χ4v) is 8.77. The van der Waals surface area contributed by atoms with Crippen LogP contribution in [0.5, 0.6) is 11.5 Å². The highest BCUT2D eigenvalue weighted by Crippen LogP contribution is 2.32. The monoisotopic (exact) mass is 934 g/mol. The number of nitrogens with zero attached hydrogens (tertiary/aromatic N) is 5. The number of halogens is 2. The number of amides is 3. The van der Waals surface area contributed by atoms with Crippen molar-refractivity contribution in [1.29, 1.82) is 0 Å². The van der Waals surface area contributed by atoms with Crippen molar-refractivity contribution < 1.29 is 37.4 Å². The lowest BCUT2D eigenvalue weighted by atomic mass is 10.0. The van der Waals surface area contributed by atoms with Gasteiger partial charge >= 0.3 is 0 Å². The molecule has 2 aromatic heterocycles. The molecule has 14 nitrogen and oxygen atoms in total. The summed E-state index contributed by atoms with van der Waals surface area (Å²) in [6.07, 6.45) is 3.35. The van der Waals surface area contributed by atoms with Crippen LogP contribution in [0.15, 0.2) is 91.3 Å². The highest BCUT2D eigenvalue weighted by atomic mass is 19.1. The highest BCUT2D eigenvalue weighted by molar-refractivity contribution is 6.44. The van der Waals surface area contributed by atoms with E-state index in [0.717, 1.165) is 35.1 Å². The molecule has 3 N–H and O–H groups in total. The number of aromatic nitrogens is 2. The summed E-state index contributed by atoms with van der Waals surface area (Å²) >= 11 is 0. The van der Waals surface area contributed by atoms with Gasteiger partial charge in [-0.1, -0.05) is 24.3 Å². The van der Waals surface area contributed by atoms with E-state index in [4.69, 9.17) is 9.47 Å². The van der Waals surface area contributed by atoms with Crippen LogP contribution in [0.2, 0.25) is 0 Å². The Bertz CT molecular complexity index is 2700. The van der Waals surface area contributed by atoms with Gasteiger partial charge < -0.3 is 39.5 Å². The Labute approximate surface area is 397 Å². The van der Waals surface area contributed by atoms with Crippen LogP contribution in [0, 0.1) is 11.6 Å². The molecule has 2 aliphatic rings. The van der Waals surface area contributed by atoms with Gasteiger partial charge in [0, 0.05) is 124 Å². The van der Waals surface area contributed by atoms with Crippen LogP contribution in [-0.2, 0) is 17.9 Å². The van der Waals surface area contributed by atoms with Gasteiger partial charge in [-0.3, -0.25) is 29.0 Å². The number of aromatic amines is 2. The second-order valence-corrected chi connectivity index (χ2v) is 17.9. The van der Waals surface area contributed by atoms with Gasteiger partial charge in [0.1, 0.15) is 23.1 Å². The zero-order chi connectivity index (χ0) is 49.4. The van der Waals surface area contributed by atoms with Gasteiger partial charge in [0.25, 0.3) is 23.5 Å². The van der Waals surface area contributed by atoms with Gasteiger partial charge in [-0.2, -0.15) is 0 Å². The molecule has 0 bridgehead atoms. The maximum Gasteiger partial charge on any atom is 0.294 e. The van der Waals surface area contributed by atoms with E-state index in [1.165, 1.54) is 56.6 Å². The average molecular weight is 935 g/mol. The Morgan fingerprint density at radius 3 is 1.54 bits per heavy atom. The molecule has 8 rings (SSSR count). The largest absolute Gasteiger partial charge is 0.496 e. The first-order chi connectivity index (χ1) is 32.5. The summed E-state index contributed by atoms with van der Waals surface area (Å²) in [7, 11) is 9.87. The van der Waals surface area contributed by atoms with Crippen molar-refractivity contribution in [3.8, 4) is 11.5 Å². The molecule has 0 unspecified atom stereocenters. The van der Waals surface area contributed by atoms with E-state index in [-0.39, 0.29) is 53.2 Å². The number of methoxy groups -OCH3 is 2. The standard InChI is InChI=1S/C27H31FN4O4.C23H26FN3O2.C2H7N/c1-16-14-32(17(2)13-31(16)15-18-6-8-19(28)9-7-18)26(34)21-10-20-22(25(33)27(35)30(3)4)12-29-23(20)11-24(21)36-5;1-15-13-27(16(2)12-26(15)14-17-4-6-19(24)7-5-17)23(28)20-10-18-8-9-25-21(18)11-22(20)29-3;1-3-2/h6-12,16-17,29H,13-15H2,1-5H3;4-11,15-16,25H,12-14H2,1-3H3;3H,1-2H3/t16-,17+;15-,16+;/m00./s1. The number of ether oxygens (including phenoxy) is 2. The molecular weight excluding hydrogens is 871 g/mol. The molecule has 0 radical (unpaired) electrons. The minimum absolute atomic E-state index is 0.00858. The summed E-state index contributed by atoms with van der Waals surface area (Å²) in [5.74, 6) is -1.01. The molecular formula is C52H64F2N8O6. The lowest BCUT2D eigenvalue weighted by Gasteiger charge is -2.44. The molecule has 3 amide bonds. The predicted molar refractivity (Wildman–Crippen MR) is 261 cm³/mol. The fraction of sp³-hybridized carbons (Fsp3) is 0.385. The SMILES string of the molecule is CNC.COc1cc2[nH]cc(C(=O)C(=O)N(C)C)c2cc1C(=O)N1C[C@H](C)N(Cc2ccc(F)cc2)C[C@H]1C.COc1cc2[nH]ccc2cc1C(=O)N1C[C@H](C)N(Cc2ccc(F)cc2)C[C@H]1C. The Hall–Kier alpha value is -6.62. The second kappa shape index (κ2) is 22.5. The van der Waals surface area contributed by atoms with Crippen LogP contribution in [0.25, 0.3) is 21.8 Å². The number of H-pyrrole nitrogens is 2. The number of hydrogen-bond donors (Lipinski definition) is 3. The van der Waals surface area contributed by atoms with E-state index < -0.39 is 11.7 Å². The van der Waals surface area contributed by atoms with E-state index >= 15 is 0 Å². The Balaban J connectivity index is 0.000000216. The van der Waals surface area contributed by atoms with Crippen molar-refractivity contribution in [2.75, 3.05) is 68.6 Å². The van der Waals surface area contributed by atoms with E-state index in [2.05, 4.69) is 45.9 Å². The average Bonchev–Trinajstić information content (AvgIpc) is 3.97. The molecule has 16 heteroatoms. The third-order valence-electron chi connectivity index (χ3n) is 12.5. The molecule has 362 valence electrons. The molecule has 0 spiro atoms. The molecule has 6 aromatic rings. The zero-order valence-electron chi connectivity index (χ0n) is 40.7. The first-order valence-electron chi connectivity index (χ1n) is 22.8. The quantitative estimate of drug-likeness (QED) is 0.0959. The van der Waals surface area contributed by atoms with Gasteiger partial charge in [0.05, 0.1) is 30.9 Å². The number of ketones is 1. The number of piperazine rings is 2. The van der Waals surface area contributed by atoms with Crippen LogP contribution in [0.1, 0.15) is 69.9 Å². The summed E-state index contributed by atoms with van der Waals surface area (Å²) in [5.41, 5.74) is 4.77. The molecule has 4 atom stereocenters. The van der Waals surface area contributed by atoms with Gasteiger partial charge in [-0.25, -0.2) is 8.78 Å². The van der Waals surface area contributed by atoms with Crippen molar-refractivity contribution in [2.45, 2.75) is 65.0 Å². The predicted octanol–water partition coefficient (Wildman–Crippen LogP) is 7.21. The third-order valence-corrected chi connectivity index (χ3v) is 12.5. The summed E-state index contributed by atoms with van der Waals surface area (Å²) in [6.45, 7) is 12.2. The molecule has 2 saturated heterocycles. The van der Waals surface area contributed by atoms with E-state index in [1.54, 1.807) is 31.4 Å². The highest BCUT2D eigenvalue weighted by Gasteiger charge is 2.36. The Morgan fingerprint density at radius 2 is 1.09 bits per heavy atom. The molecule has 0 aliphatic carbocycles. The number of likely N-dealkylation sites (N-methyl/N-ethyl adjacent to an activating group) is 1. The van der Waals surface area contributed by atoms with Crippen molar-refractivity contribution in [3.05, 3.63) is 131 Å². The molecule has 4 aromatic carbocycles. The number of nitrogens with one attached hydrogen (secondary N) is 3. The normalized spacial score (nSPS) is 18.6. The number of rotatable bonds is 10. The fourth-order valence-electron chi connectivity index (χ4n) is 8.77. The number of fused-ring (bicyclic) bond motifs is 2. The van der Waals surface area contributed by atoms with Crippen molar-refractivity contribution in [2.24, 2.45) is 0 Å². The molecule has 2 fully saturated rings. The zero-order valence-corrected chi connectivity index (χ0v) is 40.7. The van der Waals surface area contributed by atoms with Crippen molar-refractivity contribution in [1.82, 2.24) is 39.8 Å². The smallest absolute Gasteiger partial charge is 0.294 e. The summed E-state index contributed by atoms with van der Waals surface area (Å²) in [5, 5.41) is 4.24. The van der Waals surface area contributed by atoms with E-state index in [9.17, 15) is 28.0 Å². The summed E-state index contributed by atoms with van der Waals surface area (Å²) < 4.78 is 37.5. The van der Waals surface area contributed by atoms with Crippen molar-refractivity contribution in [3.63, 3.8) is 0 Å². The first-order valence-corrected chi connectivity index (χ1v) is 22.8. The van der Waals surface area contributed by atoms with Gasteiger partial charge in [0.2, 0.25) is 0 Å². The van der Waals surface area contributed by atoms with Gasteiger partial charge in [0.15, 0.2) is 0 Å². The van der Waals surface area contributed by atoms with Crippen LogP contribution in [0.3, 0.4) is 0 Å². The maximum absolute atomic E-state index is 13.7. The van der Waals surface area contributed by atoms with E-state index in [0.29, 0.717) is 59.7 Å². The van der Waals surface area contributed by atoms with Crippen LogP contribution in [0.4, 0.5) is 8.78 Å². The topological polar surface area (TPSA) is 147 Å². The molecule has 4 heterocycles. The van der Waals surface area contributed by atoms with Gasteiger partial charge in [-0.05, 0) is 95.4 Å². The minimum Gasteiger partial charge on any atom is -0.496 e. The number of carbonyl (C=O) groups excluding carboxylic acids is 4. The summed E-state index contributed by atoms with van der Waals surface area (Å²) in [6, 6.07) is 22.4. The number of Topliss-reactive ketones (excluding diaryl/α,β-unsaturated/α-hetero) is 1. The lowest BCUT2D eigenvalue weighted by Crippen LogP contribution is -2.57. The number of carbonyl (C=O) groups is 4.